The van der Waals surface area contributed by atoms with Crippen molar-refractivity contribution in [3.63, 3.8) is 0 Å². The van der Waals surface area contributed by atoms with Gasteiger partial charge in [-0.15, -0.1) is 0 Å². The summed E-state index contributed by atoms with van der Waals surface area (Å²) in [5.74, 6) is -1.52. The van der Waals surface area contributed by atoms with Crippen LogP contribution in [-0.4, -0.2) is 20.1 Å². The molecule has 0 spiro atoms. The van der Waals surface area contributed by atoms with E-state index in [-0.39, 0.29) is 10.5 Å². The first-order valence-corrected chi connectivity index (χ1v) is 8.01. The summed E-state index contributed by atoms with van der Waals surface area (Å²) in [7, 11) is -3.87. The first kappa shape index (κ1) is 14.6. The van der Waals surface area contributed by atoms with Crippen LogP contribution < -0.4 is 10.0 Å². The second-order valence-corrected chi connectivity index (χ2v) is 6.72. The number of carbonyl (C=O) groups is 2. The van der Waals surface area contributed by atoms with E-state index in [0.717, 1.165) is 0 Å². The molecule has 1 aliphatic rings. The lowest BCUT2D eigenvalue weighted by Crippen LogP contribution is -2.14. The van der Waals surface area contributed by atoms with Crippen LogP contribution in [0, 0.1) is 0 Å². The summed E-state index contributed by atoms with van der Waals surface area (Å²) in [6.07, 6.45) is 0. The smallest absolute Gasteiger partial charge is 0.296 e. The van der Waals surface area contributed by atoms with Crippen LogP contribution in [0.15, 0.2) is 47.4 Å². The summed E-state index contributed by atoms with van der Waals surface area (Å²) in [5, 5.41) is 2.85. The lowest BCUT2D eigenvalue weighted by atomic mass is 10.1. The van der Waals surface area contributed by atoms with Gasteiger partial charge in [-0.3, -0.25) is 14.3 Å². The zero-order valence-electron chi connectivity index (χ0n) is 11.0. The Labute approximate surface area is 131 Å². The van der Waals surface area contributed by atoms with Crippen LogP contribution in [0.5, 0.6) is 0 Å². The average molecular weight is 337 g/mol. The van der Waals surface area contributed by atoms with Crippen LogP contribution in [-0.2, 0) is 14.8 Å². The van der Waals surface area contributed by atoms with Gasteiger partial charge in [0.2, 0.25) is 0 Å². The fraction of sp³-hybridized carbons (Fsp3) is 0. The second kappa shape index (κ2) is 5.11. The summed E-state index contributed by atoms with van der Waals surface area (Å²) in [6.45, 7) is 0. The molecule has 0 bridgehead atoms. The molecule has 0 atom stereocenters. The Kier molecular flexibility index (Phi) is 3.38. The molecule has 0 unspecified atom stereocenters. The van der Waals surface area contributed by atoms with Crippen LogP contribution in [0.2, 0.25) is 5.02 Å². The predicted octanol–water partition coefficient (Wildman–Crippen LogP) is 2.28. The Hall–Kier alpha value is -2.38. The third-order valence-corrected chi connectivity index (χ3v) is 4.73. The van der Waals surface area contributed by atoms with E-state index in [0.29, 0.717) is 16.4 Å². The first-order valence-electron chi connectivity index (χ1n) is 6.15. The molecule has 8 heteroatoms. The van der Waals surface area contributed by atoms with E-state index in [1.807, 2.05) is 0 Å². The van der Waals surface area contributed by atoms with Gasteiger partial charge in [-0.1, -0.05) is 11.6 Å². The highest BCUT2D eigenvalue weighted by Crippen LogP contribution is 2.27. The number of ketones is 1. The summed E-state index contributed by atoms with van der Waals surface area (Å²) in [5.41, 5.74) is 0.690. The minimum atomic E-state index is -3.87. The number of anilines is 2. The van der Waals surface area contributed by atoms with Gasteiger partial charge in [-0.05, 0) is 42.5 Å². The molecule has 2 aromatic carbocycles. The maximum absolute atomic E-state index is 12.3. The molecule has 2 N–H and O–H groups in total. The van der Waals surface area contributed by atoms with Gasteiger partial charge in [0.15, 0.2) is 0 Å². The maximum atomic E-state index is 12.3. The Morgan fingerprint density at radius 3 is 2.36 bits per heavy atom. The van der Waals surface area contributed by atoms with E-state index in [2.05, 4.69) is 10.0 Å². The fourth-order valence-corrected chi connectivity index (χ4v) is 3.23. The molecule has 6 nitrogen and oxygen atoms in total. The molecule has 1 heterocycles. The molecular weight excluding hydrogens is 328 g/mol. The molecule has 2 aromatic rings. The Bertz CT molecular complexity index is 892. The molecule has 0 aliphatic carbocycles. The zero-order chi connectivity index (χ0) is 15.9. The van der Waals surface area contributed by atoms with Crippen molar-refractivity contribution in [3.05, 3.63) is 53.1 Å². The van der Waals surface area contributed by atoms with Crippen LogP contribution in [0.1, 0.15) is 10.4 Å². The van der Waals surface area contributed by atoms with E-state index in [1.165, 1.54) is 30.3 Å². The van der Waals surface area contributed by atoms with Crippen molar-refractivity contribution in [1.29, 1.82) is 0 Å². The number of Topliss-reactive ketones (excluding diaryl/α,β-unsaturated/α-hetero) is 1. The van der Waals surface area contributed by atoms with Gasteiger partial charge in [-0.25, -0.2) is 8.42 Å². The van der Waals surface area contributed by atoms with Gasteiger partial charge in [0.05, 0.1) is 16.1 Å². The van der Waals surface area contributed by atoms with Gasteiger partial charge in [0.25, 0.3) is 21.7 Å². The molecule has 112 valence electrons. The van der Waals surface area contributed by atoms with Crippen molar-refractivity contribution in [2.75, 3.05) is 10.0 Å². The highest BCUT2D eigenvalue weighted by atomic mass is 35.5. The molecule has 0 saturated heterocycles. The third kappa shape index (κ3) is 2.56. The van der Waals surface area contributed by atoms with Gasteiger partial charge < -0.3 is 5.32 Å². The molecule has 0 radical (unpaired) electrons. The predicted molar refractivity (Wildman–Crippen MR) is 81.7 cm³/mol. The number of amides is 1. The van der Waals surface area contributed by atoms with Crippen LogP contribution >= 0.6 is 11.6 Å². The van der Waals surface area contributed by atoms with Crippen LogP contribution in [0.25, 0.3) is 0 Å². The van der Waals surface area contributed by atoms with E-state index in [4.69, 9.17) is 11.6 Å². The van der Waals surface area contributed by atoms with Crippen molar-refractivity contribution >= 4 is 44.7 Å². The van der Waals surface area contributed by atoms with Gasteiger partial charge in [-0.2, -0.15) is 0 Å². The highest BCUT2D eigenvalue weighted by molar-refractivity contribution is 7.92. The number of hydrogen-bond donors (Lipinski definition) is 2. The number of hydrogen-bond acceptors (Lipinski definition) is 4. The number of fused-ring (bicyclic) bond motifs is 1. The van der Waals surface area contributed by atoms with Crippen molar-refractivity contribution in [3.8, 4) is 0 Å². The van der Waals surface area contributed by atoms with Gasteiger partial charge >= 0.3 is 0 Å². The van der Waals surface area contributed by atoms with E-state index < -0.39 is 21.7 Å². The summed E-state index contributed by atoms with van der Waals surface area (Å²) in [6, 6.07) is 10.0. The van der Waals surface area contributed by atoms with E-state index in [9.17, 15) is 18.0 Å². The minimum Gasteiger partial charge on any atom is -0.318 e. The third-order valence-electron chi connectivity index (χ3n) is 3.10. The topological polar surface area (TPSA) is 92.3 Å². The van der Waals surface area contributed by atoms with Crippen molar-refractivity contribution in [1.82, 2.24) is 0 Å². The van der Waals surface area contributed by atoms with Gasteiger partial charge in [0, 0.05) is 10.7 Å². The van der Waals surface area contributed by atoms with E-state index >= 15 is 0 Å². The SMILES string of the molecule is O=C1Nc2ccc(S(=O)(=O)Nc3ccc(Cl)cc3)cc2C1=O. The van der Waals surface area contributed by atoms with E-state index in [1.54, 1.807) is 12.1 Å². The summed E-state index contributed by atoms with van der Waals surface area (Å²) >= 11 is 5.74. The monoisotopic (exact) mass is 336 g/mol. The Balaban J connectivity index is 1.95. The number of nitrogens with one attached hydrogen (secondary N) is 2. The molecule has 1 aliphatic heterocycles. The summed E-state index contributed by atoms with van der Waals surface area (Å²) < 4.78 is 27.0. The second-order valence-electron chi connectivity index (χ2n) is 4.60. The number of benzene rings is 2. The summed E-state index contributed by atoms with van der Waals surface area (Å²) in [4.78, 5) is 22.8. The highest BCUT2D eigenvalue weighted by Gasteiger charge is 2.29. The zero-order valence-corrected chi connectivity index (χ0v) is 12.5. The minimum absolute atomic E-state index is 0.0454. The lowest BCUT2D eigenvalue weighted by molar-refractivity contribution is -0.112. The standard InChI is InChI=1S/C14H9ClN2O4S/c15-8-1-3-9(4-2-8)17-22(20,21)10-5-6-12-11(7-10)13(18)14(19)16-12/h1-7,17H,(H,16,18,19). The lowest BCUT2D eigenvalue weighted by Gasteiger charge is -2.09. The maximum Gasteiger partial charge on any atom is 0.296 e. The normalized spacial score (nSPS) is 13.7. The fourth-order valence-electron chi connectivity index (χ4n) is 2.02. The molecule has 3 rings (SSSR count). The number of rotatable bonds is 3. The van der Waals surface area contributed by atoms with Crippen molar-refractivity contribution in [2.24, 2.45) is 0 Å². The molecular formula is C14H9ClN2O4S. The Morgan fingerprint density at radius 1 is 1.00 bits per heavy atom. The Morgan fingerprint density at radius 2 is 1.68 bits per heavy atom. The molecule has 0 aromatic heterocycles. The molecule has 1 amide bonds. The molecule has 0 saturated carbocycles. The van der Waals surface area contributed by atoms with Gasteiger partial charge in [0.1, 0.15) is 0 Å². The van der Waals surface area contributed by atoms with Crippen LogP contribution in [0.3, 0.4) is 0 Å². The van der Waals surface area contributed by atoms with Crippen molar-refractivity contribution in [2.45, 2.75) is 4.90 Å². The van der Waals surface area contributed by atoms with Crippen molar-refractivity contribution < 1.29 is 18.0 Å². The quantitative estimate of drug-likeness (QED) is 0.841. The number of sulfonamides is 1. The molecule has 0 fully saturated rings. The molecule has 22 heavy (non-hydrogen) atoms. The number of carbonyl (C=O) groups excluding carboxylic acids is 2. The average Bonchev–Trinajstić information content (AvgIpc) is 2.76. The van der Waals surface area contributed by atoms with Crippen LogP contribution in [0.4, 0.5) is 11.4 Å². The first-order chi connectivity index (χ1) is 10.4. The largest absolute Gasteiger partial charge is 0.318 e. The number of halogens is 1.